The first-order valence-electron chi connectivity index (χ1n) is 7.93. The lowest BCUT2D eigenvalue weighted by Crippen LogP contribution is -2.41. The van der Waals surface area contributed by atoms with Crippen LogP contribution in [0.25, 0.3) is 10.8 Å². The van der Waals surface area contributed by atoms with E-state index in [1.54, 1.807) is 30.6 Å². The topological polar surface area (TPSA) is 95.5 Å². The minimum atomic E-state index is -3.59. The molecule has 0 aliphatic heterocycles. The predicted molar refractivity (Wildman–Crippen MR) is 96.6 cm³/mol. The first-order valence-corrected chi connectivity index (χ1v) is 9.41. The van der Waals surface area contributed by atoms with Crippen molar-refractivity contribution in [2.45, 2.75) is 18.7 Å². The van der Waals surface area contributed by atoms with Crippen LogP contribution in [0.1, 0.15) is 13.8 Å². The van der Waals surface area contributed by atoms with Gasteiger partial charge in [-0.3, -0.25) is 9.98 Å². The molecule has 24 heavy (non-hydrogen) atoms. The van der Waals surface area contributed by atoms with Gasteiger partial charge in [0.2, 0.25) is 10.0 Å². The van der Waals surface area contributed by atoms with Crippen molar-refractivity contribution >= 4 is 26.8 Å². The van der Waals surface area contributed by atoms with Gasteiger partial charge in [-0.1, -0.05) is 12.1 Å². The summed E-state index contributed by atoms with van der Waals surface area (Å²) in [6, 6.07) is 6.86. The van der Waals surface area contributed by atoms with Crippen LogP contribution in [0.2, 0.25) is 0 Å². The van der Waals surface area contributed by atoms with Gasteiger partial charge in [0.25, 0.3) is 0 Å². The van der Waals surface area contributed by atoms with E-state index in [0.717, 1.165) is 11.9 Å². The van der Waals surface area contributed by atoms with Gasteiger partial charge in [0, 0.05) is 49.3 Å². The number of rotatable bonds is 7. The quantitative estimate of drug-likeness (QED) is 0.395. The molecule has 0 aliphatic rings. The van der Waals surface area contributed by atoms with Crippen molar-refractivity contribution in [2.75, 3.05) is 26.2 Å². The summed E-state index contributed by atoms with van der Waals surface area (Å²) >= 11 is 0. The number of nitrogens with zero attached hydrogens (tertiary/aromatic N) is 2. The van der Waals surface area contributed by atoms with Crippen molar-refractivity contribution in [1.29, 1.82) is 0 Å². The smallest absolute Gasteiger partial charge is 0.241 e. The van der Waals surface area contributed by atoms with Crippen molar-refractivity contribution in [3.8, 4) is 0 Å². The Bertz CT molecular complexity index is 800. The van der Waals surface area contributed by atoms with Gasteiger partial charge in [0.05, 0.1) is 4.90 Å². The van der Waals surface area contributed by atoms with Gasteiger partial charge in [-0.15, -0.1) is 0 Å². The second kappa shape index (κ2) is 8.60. The number of benzene rings is 1. The Morgan fingerprint density at radius 3 is 2.75 bits per heavy atom. The minimum absolute atomic E-state index is 0.261. The third-order valence-electron chi connectivity index (χ3n) is 3.30. The summed E-state index contributed by atoms with van der Waals surface area (Å²) in [7, 11) is -3.59. The van der Waals surface area contributed by atoms with E-state index in [4.69, 9.17) is 0 Å². The van der Waals surface area contributed by atoms with Crippen LogP contribution in [-0.2, 0) is 10.0 Å². The van der Waals surface area contributed by atoms with E-state index in [1.165, 1.54) is 0 Å². The fourth-order valence-corrected chi connectivity index (χ4v) is 3.53. The van der Waals surface area contributed by atoms with Crippen molar-refractivity contribution in [3.63, 3.8) is 0 Å². The van der Waals surface area contributed by atoms with Crippen LogP contribution in [0.4, 0.5) is 0 Å². The fourth-order valence-electron chi connectivity index (χ4n) is 2.27. The van der Waals surface area contributed by atoms with Gasteiger partial charge < -0.3 is 10.6 Å². The van der Waals surface area contributed by atoms with Gasteiger partial charge in [0.15, 0.2) is 5.96 Å². The summed E-state index contributed by atoms with van der Waals surface area (Å²) in [4.78, 5) is 8.54. The van der Waals surface area contributed by atoms with E-state index in [-0.39, 0.29) is 11.4 Å². The molecule has 0 fully saturated rings. The molecule has 0 radical (unpaired) electrons. The number of fused-ring (bicyclic) bond motifs is 1. The monoisotopic (exact) mass is 349 g/mol. The molecular formula is C16H23N5O2S. The van der Waals surface area contributed by atoms with Gasteiger partial charge in [0.1, 0.15) is 0 Å². The molecule has 0 atom stereocenters. The lowest BCUT2D eigenvalue weighted by atomic mass is 10.2. The Morgan fingerprint density at radius 1 is 1.17 bits per heavy atom. The third kappa shape index (κ3) is 4.65. The second-order valence-corrected chi connectivity index (χ2v) is 6.77. The second-order valence-electron chi connectivity index (χ2n) is 5.03. The number of nitrogens with one attached hydrogen (secondary N) is 3. The molecule has 0 aliphatic carbocycles. The summed E-state index contributed by atoms with van der Waals surface area (Å²) in [5.41, 5.74) is 0. The van der Waals surface area contributed by atoms with E-state index in [2.05, 4.69) is 25.3 Å². The molecular weight excluding hydrogens is 326 g/mol. The maximum atomic E-state index is 12.5. The minimum Gasteiger partial charge on any atom is -0.357 e. The maximum Gasteiger partial charge on any atom is 0.241 e. The summed E-state index contributed by atoms with van der Waals surface area (Å²) in [6.45, 7) is 6.03. The molecule has 0 amide bonds. The molecule has 1 aromatic heterocycles. The molecule has 7 nitrogen and oxygen atoms in total. The Morgan fingerprint density at radius 2 is 2.00 bits per heavy atom. The molecule has 2 rings (SSSR count). The lowest BCUT2D eigenvalue weighted by Gasteiger charge is -2.12. The van der Waals surface area contributed by atoms with E-state index in [9.17, 15) is 8.42 Å². The van der Waals surface area contributed by atoms with Gasteiger partial charge >= 0.3 is 0 Å². The Kier molecular flexibility index (Phi) is 6.51. The SMILES string of the molecule is CC/N=C(/NCC)NCCNS(=O)(=O)c1cccc2cnccc12. The largest absolute Gasteiger partial charge is 0.357 e. The van der Waals surface area contributed by atoms with Crippen LogP contribution in [-0.4, -0.2) is 45.5 Å². The summed E-state index contributed by atoms with van der Waals surface area (Å²) in [5.74, 6) is 0.676. The van der Waals surface area contributed by atoms with E-state index in [1.807, 2.05) is 19.9 Å². The highest BCUT2D eigenvalue weighted by Crippen LogP contribution is 2.21. The molecule has 2 aromatic rings. The zero-order valence-corrected chi connectivity index (χ0v) is 14.7. The summed E-state index contributed by atoms with van der Waals surface area (Å²) in [5, 5.41) is 7.63. The number of aliphatic imine (C=N–C) groups is 1. The van der Waals surface area contributed by atoms with Crippen LogP contribution in [0.15, 0.2) is 46.5 Å². The molecule has 130 valence electrons. The van der Waals surface area contributed by atoms with Crippen LogP contribution in [0.5, 0.6) is 0 Å². The Balaban J connectivity index is 2.02. The third-order valence-corrected chi connectivity index (χ3v) is 4.82. The molecule has 8 heteroatoms. The highest BCUT2D eigenvalue weighted by atomic mass is 32.2. The van der Waals surface area contributed by atoms with Crippen molar-refractivity contribution in [3.05, 3.63) is 36.7 Å². The number of sulfonamides is 1. The molecule has 0 saturated carbocycles. The van der Waals surface area contributed by atoms with Gasteiger partial charge in [-0.25, -0.2) is 13.1 Å². The first-order chi connectivity index (χ1) is 11.6. The lowest BCUT2D eigenvalue weighted by molar-refractivity contribution is 0.581. The number of pyridine rings is 1. The fraction of sp³-hybridized carbons (Fsp3) is 0.375. The molecule has 0 unspecified atom stereocenters. The van der Waals surface area contributed by atoms with Gasteiger partial charge in [-0.2, -0.15) is 0 Å². The molecule has 1 heterocycles. The highest BCUT2D eigenvalue weighted by Gasteiger charge is 2.16. The average molecular weight is 349 g/mol. The number of hydrogen-bond acceptors (Lipinski definition) is 4. The van der Waals surface area contributed by atoms with Crippen molar-refractivity contribution < 1.29 is 8.42 Å². The zero-order chi connectivity index (χ0) is 17.4. The average Bonchev–Trinajstić information content (AvgIpc) is 2.58. The van der Waals surface area contributed by atoms with Crippen LogP contribution in [0.3, 0.4) is 0 Å². The summed E-state index contributed by atoms with van der Waals surface area (Å²) < 4.78 is 27.7. The van der Waals surface area contributed by atoms with Crippen LogP contribution < -0.4 is 15.4 Å². The van der Waals surface area contributed by atoms with Crippen molar-refractivity contribution in [2.24, 2.45) is 4.99 Å². The molecule has 0 spiro atoms. The number of guanidine groups is 1. The van der Waals surface area contributed by atoms with Crippen LogP contribution in [0, 0.1) is 0 Å². The van der Waals surface area contributed by atoms with E-state index < -0.39 is 10.0 Å². The van der Waals surface area contributed by atoms with E-state index in [0.29, 0.717) is 24.4 Å². The normalized spacial score (nSPS) is 12.3. The standard InChI is InChI=1S/C16H23N5O2S/c1-3-18-16(19-4-2)20-10-11-21-24(22,23)15-7-5-6-13-12-17-9-8-14(13)15/h5-9,12,21H,3-4,10-11H2,1-2H3,(H2,18,19,20). The van der Waals surface area contributed by atoms with Gasteiger partial charge in [-0.05, 0) is 26.0 Å². The Labute approximate surface area is 142 Å². The van der Waals surface area contributed by atoms with Crippen LogP contribution >= 0.6 is 0 Å². The first kappa shape index (κ1) is 18.2. The highest BCUT2D eigenvalue weighted by molar-refractivity contribution is 7.89. The molecule has 1 aromatic carbocycles. The maximum absolute atomic E-state index is 12.5. The zero-order valence-electron chi connectivity index (χ0n) is 13.9. The number of aromatic nitrogens is 1. The Hall–Kier alpha value is -2.19. The summed E-state index contributed by atoms with van der Waals surface area (Å²) in [6.07, 6.45) is 3.24. The predicted octanol–water partition coefficient (Wildman–Crippen LogP) is 1.09. The molecule has 3 N–H and O–H groups in total. The number of hydrogen-bond donors (Lipinski definition) is 3. The molecule has 0 saturated heterocycles. The van der Waals surface area contributed by atoms with E-state index >= 15 is 0 Å². The van der Waals surface area contributed by atoms with Crippen molar-refractivity contribution in [1.82, 2.24) is 20.3 Å². The molecule has 0 bridgehead atoms.